The lowest BCUT2D eigenvalue weighted by molar-refractivity contribution is -0.154. The first-order valence-electron chi connectivity index (χ1n) is 9.03. The van der Waals surface area contributed by atoms with Crippen LogP contribution in [0, 0.1) is 0 Å². The lowest BCUT2D eigenvalue weighted by Gasteiger charge is -2.40. The molecule has 0 N–H and O–H groups in total. The third-order valence-electron chi connectivity index (χ3n) is 4.63. The summed E-state index contributed by atoms with van der Waals surface area (Å²) >= 11 is 0. The molecule has 2 heterocycles. The summed E-state index contributed by atoms with van der Waals surface area (Å²) in [6.07, 6.45) is 1.54. The van der Waals surface area contributed by atoms with Gasteiger partial charge in [0.1, 0.15) is 0 Å². The highest BCUT2D eigenvalue weighted by molar-refractivity contribution is 5.88. The molecule has 6 nitrogen and oxygen atoms in total. The lowest BCUT2D eigenvalue weighted by Crippen LogP contribution is -2.49. The van der Waals surface area contributed by atoms with Crippen LogP contribution in [0.15, 0.2) is 54.9 Å². The molecule has 0 aliphatic carbocycles. The molecule has 2 unspecified atom stereocenters. The number of aromatic nitrogens is 2. The average molecular weight is 406 g/mol. The Morgan fingerprint density at radius 3 is 2.45 bits per heavy atom. The van der Waals surface area contributed by atoms with Gasteiger partial charge in [0, 0.05) is 43.5 Å². The lowest BCUT2D eigenvalue weighted by atomic mass is 10.0. The molecular weight excluding hydrogens is 385 g/mol. The Labute approximate surface area is 166 Å². The molecule has 0 bridgehead atoms. The van der Waals surface area contributed by atoms with Crippen molar-refractivity contribution in [1.29, 1.82) is 0 Å². The summed E-state index contributed by atoms with van der Waals surface area (Å²) in [5, 5.41) is 3.41. The van der Waals surface area contributed by atoms with Gasteiger partial charge in [-0.1, -0.05) is 43.3 Å². The number of hydrazine groups is 1. The van der Waals surface area contributed by atoms with E-state index in [2.05, 4.69) is 14.7 Å². The number of carbonyl (C=O) groups excluding carboxylic acids is 1. The van der Waals surface area contributed by atoms with Gasteiger partial charge in [-0.3, -0.25) is 9.80 Å². The van der Waals surface area contributed by atoms with E-state index in [9.17, 15) is 18.0 Å². The highest BCUT2D eigenvalue weighted by Gasteiger charge is 2.31. The molecule has 1 aromatic carbocycles. The van der Waals surface area contributed by atoms with Crippen molar-refractivity contribution >= 4 is 5.91 Å². The maximum atomic E-state index is 12.4. The molecule has 0 spiro atoms. The van der Waals surface area contributed by atoms with E-state index >= 15 is 0 Å². The van der Waals surface area contributed by atoms with Gasteiger partial charge in [-0.2, -0.15) is 13.2 Å². The smallest absolute Gasteiger partial charge is 0.422 e. The van der Waals surface area contributed by atoms with E-state index in [-0.39, 0.29) is 23.9 Å². The van der Waals surface area contributed by atoms with Crippen LogP contribution in [0.25, 0.3) is 0 Å². The largest absolute Gasteiger partial charge is 0.454 e. The van der Waals surface area contributed by atoms with Crippen molar-refractivity contribution in [2.45, 2.75) is 25.1 Å². The van der Waals surface area contributed by atoms with E-state index < -0.39 is 12.8 Å². The van der Waals surface area contributed by atoms with Gasteiger partial charge in [0.05, 0.1) is 6.04 Å². The Morgan fingerprint density at radius 2 is 1.83 bits per heavy atom. The summed E-state index contributed by atoms with van der Waals surface area (Å²) < 4.78 is 41.2. The topological polar surface area (TPSA) is 58.6 Å². The number of alkyl halides is 3. The first-order chi connectivity index (χ1) is 13.7. The van der Waals surface area contributed by atoms with Crippen molar-refractivity contribution in [3.05, 3.63) is 66.0 Å². The molecule has 1 amide bonds. The SMILES string of the molecule is CC(CN1C(=O)C=CC(c2cnc(OCC(F)(F)F)nc2)N1C)c1ccccc1. The standard InChI is InChI=1S/C20H21F3N4O2/c1-14(15-6-4-3-5-7-15)12-27-18(28)9-8-17(26(27)2)16-10-24-19(25-11-16)29-13-20(21,22)23/h3-11,14,17H,12-13H2,1-2H3. The third-order valence-corrected chi connectivity index (χ3v) is 4.63. The van der Waals surface area contributed by atoms with Crippen molar-refractivity contribution in [3.63, 3.8) is 0 Å². The molecule has 0 fully saturated rings. The number of hydrogen-bond acceptors (Lipinski definition) is 5. The number of hydrogen-bond donors (Lipinski definition) is 0. The fraction of sp³-hybridized carbons (Fsp3) is 0.350. The second-order valence-electron chi connectivity index (χ2n) is 6.81. The molecule has 0 radical (unpaired) electrons. The van der Waals surface area contributed by atoms with E-state index in [4.69, 9.17) is 0 Å². The van der Waals surface area contributed by atoms with Crippen molar-refractivity contribution in [1.82, 2.24) is 20.0 Å². The fourth-order valence-corrected chi connectivity index (χ4v) is 3.08. The molecule has 1 aromatic heterocycles. The van der Waals surface area contributed by atoms with Crippen LogP contribution in [0.3, 0.4) is 0 Å². The number of likely N-dealkylation sites (N-methyl/N-ethyl adjacent to an activating group) is 1. The molecule has 29 heavy (non-hydrogen) atoms. The number of halogens is 3. The number of amides is 1. The monoisotopic (exact) mass is 406 g/mol. The fourth-order valence-electron chi connectivity index (χ4n) is 3.08. The highest BCUT2D eigenvalue weighted by atomic mass is 19.4. The molecule has 9 heteroatoms. The van der Waals surface area contributed by atoms with Crippen LogP contribution < -0.4 is 4.74 Å². The van der Waals surface area contributed by atoms with E-state index in [1.807, 2.05) is 37.3 Å². The summed E-state index contributed by atoms with van der Waals surface area (Å²) in [4.78, 5) is 20.1. The van der Waals surface area contributed by atoms with Gasteiger partial charge >= 0.3 is 12.2 Å². The van der Waals surface area contributed by atoms with Crippen LogP contribution in [-0.4, -0.2) is 52.3 Å². The summed E-state index contributed by atoms with van der Waals surface area (Å²) in [5.41, 5.74) is 1.75. The summed E-state index contributed by atoms with van der Waals surface area (Å²) in [5.74, 6) is -0.0262. The van der Waals surface area contributed by atoms with Crippen LogP contribution in [0.4, 0.5) is 13.2 Å². The van der Waals surface area contributed by atoms with Crippen LogP contribution in [0.1, 0.15) is 30.0 Å². The predicted molar refractivity (Wildman–Crippen MR) is 99.8 cm³/mol. The maximum absolute atomic E-state index is 12.4. The molecule has 0 saturated heterocycles. The minimum absolute atomic E-state index is 0.115. The van der Waals surface area contributed by atoms with E-state index in [0.717, 1.165) is 5.56 Å². The van der Waals surface area contributed by atoms with Gasteiger partial charge in [0.25, 0.3) is 5.91 Å². The summed E-state index contributed by atoms with van der Waals surface area (Å²) in [6, 6.07) is 9.20. The zero-order valence-corrected chi connectivity index (χ0v) is 16.0. The Hall–Kier alpha value is -2.94. The molecule has 2 aromatic rings. The zero-order valence-electron chi connectivity index (χ0n) is 16.0. The van der Waals surface area contributed by atoms with Crippen LogP contribution in [0.5, 0.6) is 6.01 Å². The normalized spacial score (nSPS) is 18.7. The Balaban J connectivity index is 1.70. The quantitative estimate of drug-likeness (QED) is 0.735. The molecule has 154 valence electrons. The number of nitrogens with zero attached hydrogens (tertiary/aromatic N) is 4. The molecule has 1 aliphatic heterocycles. The number of carbonyl (C=O) groups is 1. The van der Waals surface area contributed by atoms with Crippen LogP contribution in [0.2, 0.25) is 0 Å². The Kier molecular flexibility index (Phi) is 6.17. The van der Waals surface area contributed by atoms with Crippen molar-refractivity contribution in [2.24, 2.45) is 0 Å². The van der Waals surface area contributed by atoms with Gasteiger partial charge in [0.2, 0.25) is 0 Å². The number of benzene rings is 1. The van der Waals surface area contributed by atoms with E-state index in [1.165, 1.54) is 18.5 Å². The van der Waals surface area contributed by atoms with Crippen molar-refractivity contribution in [3.8, 4) is 6.01 Å². The maximum Gasteiger partial charge on any atom is 0.422 e. The van der Waals surface area contributed by atoms with Gasteiger partial charge < -0.3 is 4.74 Å². The molecular formula is C20H21F3N4O2. The van der Waals surface area contributed by atoms with E-state index in [0.29, 0.717) is 12.1 Å². The Bertz CT molecular complexity index is 856. The minimum Gasteiger partial charge on any atom is -0.454 e. The van der Waals surface area contributed by atoms with Crippen LogP contribution >= 0.6 is 0 Å². The first-order valence-corrected chi connectivity index (χ1v) is 9.03. The minimum atomic E-state index is -4.45. The van der Waals surface area contributed by atoms with Gasteiger partial charge in [-0.25, -0.2) is 15.0 Å². The second-order valence-corrected chi connectivity index (χ2v) is 6.81. The van der Waals surface area contributed by atoms with E-state index in [1.54, 1.807) is 23.1 Å². The molecule has 3 rings (SSSR count). The third kappa shape index (κ3) is 5.32. The highest BCUT2D eigenvalue weighted by Crippen LogP contribution is 2.28. The molecule has 0 saturated carbocycles. The number of ether oxygens (including phenoxy) is 1. The summed E-state index contributed by atoms with van der Waals surface area (Å²) in [7, 11) is 1.78. The predicted octanol–water partition coefficient (Wildman–Crippen LogP) is 3.51. The van der Waals surface area contributed by atoms with Gasteiger partial charge in [0.15, 0.2) is 6.61 Å². The Morgan fingerprint density at radius 1 is 1.17 bits per heavy atom. The molecule has 2 atom stereocenters. The summed E-state index contributed by atoms with van der Waals surface area (Å²) in [6.45, 7) is 1.07. The zero-order chi connectivity index (χ0) is 21.0. The average Bonchev–Trinajstić information content (AvgIpc) is 2.70. The van der Waals surface area contributed by atoms with Crippen LogP contribution in [-0.2, 0) is 4.79 Å². The van der Waals surface area contributed by atoms with Gasteiger partial charge in [-0.05, 0) is 5.56 Å². The van der Waals surface area contributed by atoms with Crippen molar-refractivity contribution in [2.75, 3.05) is 20.2 Å². The number of rotatable bonds is 6. The van der Waals surface area contributed by atoms with Crippen molar-refractivity contribution < 1.29 is 22.7 Å². The van der Waals surface area contributed by atoms with Gasteiger partial charge in [-0.15, -0.1) is 0 Å². The second kappa shape index (κ2) is 8.60. The first kappa shape index (κ1) is 20.8. The molecule has 1 aliphatic rings.